The molecular weight excluding hydrogens is 560 g/mol. The Balaban J connectivity index is 1.70. The zero-order valence-corrected chi connectivity index (χ0v) is 26.2. The third-order valence-electron chi connectivity index (χ3n) is 7.36. The molecule has 2 heterocycles. The molecule has 2 atom stereocenters. The lowest BCUT2D eigenvalue weighted by molar-refractivity contribution is -0.145. The first kappa shape index (κ1) is 35.6. The number of nitrogens with one attached hydrogen (secondary N) is 3. The second kappa shape index (κ2) is 20.3. The van der Waals surface area contributed by atoms with Crippen LogP contribution in [-0.2, 0) is 28.7 Å². The second-order valence-electron chi connectivity index (χ2n) is 10.9. The molecule has 0 radical (unpaired) electrons. The summed E-state index contributed by atoms with van der Waals surface area (Å²) in [5.74, 6) is 1.31. The first-order valence-electron chi connectivity index (χ1n) is 15.0. The van der Waals surface area contributed by atoms with Gasteiger partial charge >= 0.3 is 5.97 Å². The van der Waals surface area contributed by atoms with Gasteiger partial charge in [0.1, 0.15) is 0 Å². The van der Waals surface area contributed by atoms with Crippen LogP contribution >= 0.6 is 11.8 Å². The van der Waals surface area contributed by atoms with E-state index in [4.69, 9.17) is 4.74 Å². The Morgan fingerprint density at radius 3 is 2.14 bits per heavy atom. The minimum absolute atomic E-state index is 0.0642. The topological polar surface area (TPSA) is 140 Å². The van der Waals surface area contributed by atoms with E-state index in [9.17, 15) is 24.0 Å². The quantitative estimate of drug-likeness (QED) is 0.0884. The van der Waals surface area contributed by atoms with Crippen LogP contribution in [0.15, 0.2) is 12.7 Å². The smallest absolute Gasteiger partial charge is 0.310 e. The number of rotatable bonds is 22. The first-order chi connectivity index (χ1) is 20.2. The molecule has 0 saturated carbocycles. The molecule has 12 nitrogen and oxygen atoms in total. The van der Waals surface area contributed by atoms with Gasteiger partial charge in [0.2, 0.25) is 23.6 Å². The molecule has 2 saturated heterocycles. The van der Waals surface area contributed by atoms with Crippen LogP contribution in [0.25, 0.3) is 0 Å². The number of hydrogen-bond acceptors (Lipinski definition) is 9. The van der Waals surface area contributed by atoms with Crippen molar-refractivity contribution >= 4 is 41.4 Å². The summed E-state index contributed by atoms with van der Waals surface area (Å²) in [5, 5.41) is 9.07. The van der Waals surface area contributed by atoms with Gasteiger partial charge in [-0.25, -0.2) is 0 Å². The predicted molar refractivity (Wildman–Crippen MR) is 164 cm³/mol. The molecule has 13 heteroatoms. The Labute approximate surface area is 254 Å². The van der Waals surface area contributed by atoms with Gasteiger partial charge in [-0.3, -0.25) is 24.0 Å². The predicted octanol–water partition coefficient (Wildman–Crippen LogP) is 0.0898. The summed E-state index contributed by atoms with van der Waals surface area (Å²) in [5.41, 5.74) is 0. The summed E-state index contributed by atoms with van der Waals surface area (Å²) < 4.78 is 4.73. The second-order valence-corrected chi connectivity index (χ2v) is 12.1. The van der Waals surface area contributed by atoms with Crippen molar-refractivity contribution in [1.29, 1.82) is 0 Å². The van der Waals surface area contributed by atoms with E-state index in [2.05, 4.69) is 34.4 Å². The van der Waals surface area contributed by atoms with Crippen molar-refractivity contribution in [3.63, 3.8) is 0 Å². The highest BCUT2D eigenvalue weighted by Crippen LogP contribution is 2.18. The molecule has 2 unspecified atom stereocenters. The number of esters is 1. The Bertz CT molecular complexity index is 906. The van der Waals surface area contributed by atoms with E-state index < -0.39 is 5.92 Å². The Kier molecular flexibility index (Phi) is 17.2. The maximum absolute atomic E-state index is 12.5. The molecule has 0 aromatic heterocycles. The Morgan fingerprint density at radius 2 is 1.57 bits per heavy atom. The number of ether oxygens (including phenoxy) is 1. The maximum Gasteiger partial charge on any atom is 0.310 e. The first-order valence-corrected chi connectivity index (χ1v) is 16.2. The number of methoxy groups -OCH3 is 1. The summed E-state index contributed by atoms with van der Waals surface area (Å²) in [6.07, 6.45) is 4.22. The molecule has 42 heavy (non-hydrogen) atoms. The standard InChI is InChI=1S/C29H50N6O6S/c1-4-8-30-9-5-17-42-18-16-33(12-6-25(36)31-10-14-34-21-23(2)19-27(34)38)13-7-26(37)32-11-15-35-22-24(20-28(35)39)29(40)41-3/h4,23-24,30H,1,5-22H2,2-3H3,(H,31,36)(H,32,37). The zero-order chi connectivity index (χ0) is 30.7. The highest BCUT2D eigenvalue weighted by molar-refractivity contribution is 7.99. The van der Waals surface area contributed by atoms with E-state index in [1.165, 1.54) is 7.11 Å². The van der Waals surface area contributed by atoms with Gasteiger partial charge in [0.25, 0.3) is 0 Å². The van der Waals surface area contributed by atoms with Crippen molar-refractivity contribution in [2.75, 3.05) is 90.6 Å². The fraction of sp³-hybridized carbons (Fsp3) is 0.759. The van der Waals surface area contributed by atoms with Gasteiger partial charge in [0.15, 0.2) is 0 Å². The minimum atomic E-state index is -0.448. The number of amides is 4. The number of carbonyl (C=O) groups excluding carboxylic acids is 5. The van der Waals surface area contributed by atoms with Crippen LogP contribution in [0.4, 0.5) is 0 Å². The number of thioether (sulfide) groups is 1. The molecule has 0 aromatic carbocycles. The lowest BCUT2D eigenvalue weighted by Gasteiger charge is -2.22. The van der Waals surface area contributed by atoms with Gasteiger partial charge in [-0.15, -0.1) is 6.58 Å². The molecule has 2 rings (SSSR count). The highest BCUT2D eigenvalue weighted by atomic mass is 32.2. The van der Waals surface area contributed by atoms with Gasteiger partial charge < -0.3 is 35.4 Å². The lowest BCUT2D eigenvalue weighted by atomic mass is 10.1. The molecule has 2 fully saturated rings. The fourth-order valence-corrected chi connectivity index (χ4v) is 5.93. The fourth-order valence-electron chi connectivity index (χ4n) is 4.99. The average molecular weight is 611 g/mol. The molecule has 0 bridgehead atoms. The van der Waals surface area contributed by atoms with Crippen molar-refractivity contribution in [2.45, 2.75) is 39.0 Å². The third-order valence-corrected chi connectivity index (χ3v) is 8.41. The van der Waals surface area contributed by atoms with Crippen LogP contribution in [0.1, 0.15) is 39.0 Å². The lowest BCUT2D eigenvalue weighted by Crippen LogP contribution is -2.39. The number of hydrogen-bond donors (Lipinski definition) is 3. The molecule has 2 aliphatic heterocycles. The Morgan fingerprint density at radius 1 is 0.952 bits per heavy atom. The van der Waals surface area contributed by atoms with Crippen LogP contribution < -0.4 is 16.0 Å². The maximum atomic E-state index is 12.5. The van der Waals surface area contributed by atoms with Crippen LogP contribution in [0.2, 0.25) is 0 Å². The molecule has 4 amide bonds. The molecule has 3 N–H and O–H groups in total. The SMILES string of the molecule is C=CCNCCCSCCN(CCC(=O)NCCN1CC(C)CC1=O)CCC(=O)NCCN1CC(C(=O)OC)CC1=O. The van der Waals surface area contributed by atoms with E-state index in [1.54, 1.807) is 9.80 Å². The van der Waals surface area contributed by atoms with Crippen molar-refractivity contribution in [3.05, 3.63) is 12.7 Å². The summed E-state index contributed by atoms with van der Waals surface area (Å²) in [4.78, 5) is 66.3. The van der Waals surface area contributed by atoms with Crippen LogP contribution in [0, 0.1) is 11.8 Å². The largest absolute Gasteiger partial charge is 0.469 e. The monoisotopic (exact) mass is 610 g/mol. The number of carbonyl (C=O) groups is 5. The molecule has 0 aliphatic carbocycles. The normalized spacial score (nSPS) is 18.5. The number of likely N-dealkylation sites (tertiary alicyclic amines) is 2. The Hall–Kier alpha value is -2.64. The summed E-state index contributed by atoms with van der Waals surface area (Å²) >= 11 is 1.85. The molecular formula is C29H50N6O6S. The van der Waals surface area contributed by atoms with Crippen molar-refractivity contribution in [2.24, 2.45) is 11.8 Å². The van der Waals surface area contributed by atoms with Gasteiger partial charge in [0, 0.05) is 96.9 Å². The molecule has 238 valence electrons. The van der Waals surface area contributed by atoms with E-state index in [0.717, 1.165) is 44.1 Å². The summed E-state index contributed by atoms with van der Waals surface area (Å²) in [6, 6.07) is 0. The number of nitrogens with zero attached hydrogens (tertiary/aromatic N) is 3. The highest BCUT2D eigenvalue weighted by Gasteiger charge is 2.34. The molecule has 2 aliphatic rings. The molecule has 0 spiro atoms. The van der Waals surface area contributed by atoms with Crippen molar-refractivity contribution in [3.8, 4) is 0 Å². The minimum Gasteiger partial charge on any atom is -0.469 e. The van der Waals surface area contributed by atoms with Gasteiger partial charge in [-0.05, 0) is 24.6 Å². The summed E-state index contributed by atoms with van der Waals surface area (Å²) in [6.45, 7) is 12.0. The van der Waals surface area contributed by atoms with Crippen LogP contribution in [0.3, 0.4) is 0 Å². The van der Waals surface area contributed by atoms with Gasteiger partial charge in [-0.2, -0.15) is 11.8 Å². The molecule has 0 aromatic rings. The third kappa shape index (κ3) is 14.0. The average Bonchev–Trinajstić information content (AvgIpc) is 3.50. The zero-order valence-electron chi connectivity index (χ0n) is 25.4. The van der Waals surface area contributed by atoms with Gasteiger partial charge in [-0.1, -0.05) is 13.0 Å². The van der Waals surface area contributed by atoms with Crippen molar-refractivity contribution in [1.82, 2.24) is 30.7 Å². The summed E-state index contributed by atoms with van der Waals surface area (Å²) in [7, 11) is 1.31. The van der Waals surface area contributed by atoms with Crippen molar-refractivity contribution < 1.29 is 28.7 Å². The van der Waals surface area contributed by atoms with Gasteiger partial charge in [0.05, 0.1) is 13.0 Å². The van der Waals surface area contributed by atoms with E-state index in [1.807, 2.05) is 17.8 Å². The van der Waals surface area contributed by atoms with Crippen LogP contribution in [-0.4, -0.2) is 135 Å². The van der Waals surface area contributed by atoms with E-state index in [0.29, 0.717) is 64.6 Å². The van der Waals surface area contributed by atoms with E-state index >= 15 is 0 Å². The van der Waals surface area contributed by atoms with Crippen LogP contribution in [0.5, 0.6) is 0 Å². The van der Waals surface area contributed by atoms with E-state index in [-0.39, 0.29) is 42.4 Å².